The first kappa shape index (κ1) is 13.5. The summed E-state index contributed by atoms with van der Waals surface area (Å²) in [5.74, 6) is 0.155. The Morgan fingerprint density at radius 2 is 2.05 bits per heavy atom. The number of nitrogens with zero attached hydrogens (tertiary/aromatic N) is 2. The number of benzene rings is 1. The highest BCUT2D eigenvalue weighted by atomic mass is 16.4. The van der Waals surface area contributed by atoms with E-state index >= 15 is 0 Å². The van der Waals surface area contributed by atoms with Gasteiger partial charge < -0.3 is 15.7 Å². The van der Waals surface area contributed by atoms with E-state index in [0.717, 1.165) is 0 Å². The summed E-state index contributed by atoms with van der Waals surface area (Å²) in [6, 6.07) is 8.34. The molecular formula is C14H14N4O2. The molecule has 0 fully saturated rings. The van der Waals surface area contributed by atoms with E-state index in [2.05, 4.69) is 27.2 Å². The number of rotatable bonds is 6. The van der Waals surface area contributed by atoms with Crippen LogP contribution in [0.3, 0.4) is 0 Å². The van der Waals surface area contributed by atoms with E-state index in [1.165, 1.54) is 12.4 Å². The van der Waals surface area contributed by atoms with Crippen molar-refractivity contribution in [2.75, 3.05) is 17.2 Å². The molecule has 1 heterocycles. The Kier molecular flexibility index (Phi) is 4.28. The monoisotopic (exact) mass is 270 g/mol. The van der Waals surface area contributed by atoms with Crippen LogP contribution in [0.1, 0.15) is 10.4 Å². The zero-order valence-corrected chi connectivity index (χ0v) is 10.7. The van der Waals surface area contributed by atoms with Crippen molar-refractivity contribution in [1.29, 1.82) is 0 Å². The van der Waals surface area contributed by atoms with Crippen molar-refractivity contribution in [2.45, 2.75) is 0 Å². The Labute approximate surface area is 116 Å². The van der Waals surface area contributed by atoms with Gasteiger partial charge in [0.1, 0.15) is 18.0 Å². The quantitative estimate of drug-likeness (QED) is 0.699. The standard InChI is InChI=1S/C14H14N4O2/c1-2-7-15-12-8-13(17-9-16-12)18-11-6-4-3-5-10(11)14(19)20/h2-6,8-9H,1,7H2,(H,19,20)(H2,15,16,17,18). The Balaban J connectivity index is 2.22. The Morgan fingerprint density at radius 1 is 1.30 bits per heavy atom. The van der Waals surface area contributed by atoms with Gasteiger partial charge in [-0.15, -0.1) is 6.58 Å². The van der Waals surface area contributed by atoms with Crippen LogP contribution in [0.15, 0.2) is 49.3 Å². The second-order valence-corrected chi connectivity index (χ2v) is 3.93. The summed E-state index contributed by atoms with van der Waals surface area (Å²) in [5.41, 5.74) is 0.667. The Morgan fingerprint density at radius 3 is 2.80 bits per heavy atom. The second-order valence-electron chi connectivity index (χ2n) is 3.93. The number of carbonyl (C=O) groups is 1. The molecule has 1 aromatic carbocycles. The largest absolute Gasteiger partial charge is 0.478 e. The van der Waals surface area contributed by atoms with E-state index in [1.807, 2.05) is 0 Å². The predicted molar refractivity (Wildman–Crippen MR) is 77.4 cm³/mol. The number of nitrogens with one attached hydrogen (secondary N) is 2. The molecule has 0 saturated carbocycles. The zero-order chi connectivity index (χ0) is 14.4. The number of hydrogen-bond donors (Lipinski definition) is 3. The van der Waals surface area contributed by atoms with Crippen LogP contribution >= 0.6 is 0 Å². The SMILES string of the molecule is C=CCNc1cc(Nc2ccccc2C(=O)O)ncn1. The van der Waals surface area contributed by atoms with Crippen LogP contribution in [0.4, 0.5) is 17.3 Å². The minimum atomic E-state index is -0.993. The third kappa shape index (κ3) is 3.32. The second kappa shape index (κ2) is 6.33. The number of carboxylic acid groups (broad SMARTS) is 1. The number of hydrogen-bond acceptors (Lipinski definition) is 5. The lowest BCUT2D eigenvalue weighted by Gasteiger charge is -2.09. The fraction of sp³-hybridized carbons (Fsp3) is 0.0714. The molecule has 3 N–H and O–H groups in total. The smallest absolute Gasteiger partial charge is 0.337 e. The first-order chi connectivity index (χ1) is 9.70. The topological polar surface area (TPSA) is 87.1 Å². The molecule has 0 amide bonds. The zero-order valence-electron chi connectivity index (χ0n) is 10.7. The van der Waals surface area contributed by atoms with Gasteiger partial charge >= 0.3 is 5.97 Å². The average Bonchev–Trinajstić information content (AvgIpc) is 2.46. The van der Waals surface area contributed by atoms with Crippen LogP contribution in [0.2, 0.25) is 0 Å². The van der Waals surface area contributed by atoms with Crippen LogP contribution in [-0.4, -0.2) is 27.6 Å². The Bertz CT molecular complexity index is 628. The van der Waals surface area contributed by atoms with Gasteiger partial charge in [0.25, 0.3) is 0 Å². The predicted octanol–water partition coefficient (Wildman–Crippen LogP) is 2.52. The maximum atomic E-state index is 11.1. The lowest BCUT2D eigenvalue weighted by Crippen LogP contribution is -2.05. The van der Waals surface area contributed by atoms with Crippen molar-refractivity contribution in [3.05, 3.63) is 54.9 Å². The molecule has 0 aliphatic rings. The highest BCUT2D eigenvalue weighted by Crippen LogP contribution is 2.20. The van der Waals surface area contributed by atoms with Crippen molar-refractivity contribution >= 4 is 23.3 Å². The summed E-state index contributed by atoms with van der Waals surface area (Å²) in [4.78, 5) is 19.2. The summed E-state index contributed by atoms with van der Waals surface area (Å²) in [6.07, 6.45) is 3.12. The number of aromatic nitrogens is 2. The van der Waals surface area contributed by atoms with Crippen molar-refractivity contribution in [1.82, 2.24) is 9.97 Å². The number of aromatic carboxylic acids is 1. The van der Waals surface area contributed by atoms with Crippen LogP contribution in [-0.2, 0) is 0 Å². The molecule has 0 unspecified atom stereocenters. The molecule has 0 bridgehead atoms. The lowest BCUT2D eigenvalue weighted by atomic mass is 10.2. The molecule has 2 aromatic rings. The van der Waals surface area contributed by atoms with Gasteiger partial charge in [0.05, 0.1) is 11.3 Å². The van der Waals surface area contributed by atoms with E-state index in [0.29, 0.717) is 23.9 Å². The molecule has 0 aliphatic heterocycles. The van der Waals surface area contributed by atoms with Gasteiger partial charge in [0, 0.05) is 12.6 Å². The van der Waals surface area contributed by atoms with Crippen LogP contribution in [0, 0.1) is 0 Å². The van der Waals surface area contributed by atoms with Crippen molar-refractivity contribution in [2.24, 2.45) is 0 Å². The number of para-hydroxylation sites is 1. The molecule has 20 heavy (non-hydrogen) atoms. The molecule has 1 aromatic heterocycles. The summed E-state index contributed by atoms with van der Waals surface area (Å²) >= 11 is 0. The third-order valence-electron chi connectivity index (χ3n) is 2.51. The van der Waals surface area contributed by atoms with Gasteiger partial charge in [-0.05, 0) is 12.1 Å². The summed E-state index contributed by atoms with van der Waals surface area (Å²) < 4.78 is 0. The van der Waals surface area contributed by atoms with Gasteiger partial charge in [-0.1, -0.05) is 18.2 Å². The summed E-state index contributed by atoms with van der Waals surface area (Å²) in [7, 11) is 0. The van der Waals surface area contributed by atoms with Gasteiger partial charge in [0.2, 0.25) is 0 Å². The molecule has 102 valence electrons. The van der Waals surface area contributed by atoms with Crippen LogP contribution < -0.4 is 10.6 Å². The minimum Gasteiger partial charge on any atom is -0.478 e. The van der Waals surface area contributed by atoms with E-state index in [4.69, 9.17) is 5.11 Å². The van der Waals surface area contributed by atoms with Gasteiger partial charge in [-0.25, -0.2) is 14.8 Å². The van der Waals surface area contributed by atoms with Gasteiger partial charge in [0.15, 0.2) is 0 Å². The Hall–Kier alpha value is -2.89. The fourth-order valence-corrected chi connectivity index (χ4v) is 1.62. The van der Waals surface area contributed by atoms with Gasteiger partial charge in [-0.2, -0.15) is 0 Å². The van der Waals surface area contributed by atoms with Crippen molar-refractivity contribution in [3.63, 3.8) is 0 Å². The normalized spacial score (nSPS) is 9.80. The third-order valence-corrected chi connectivity index (χ3v) is 2.51. The molecule has 0 spiro atoms. The molecule has 2 rings (SSSR count). The minimum absolute atomic E-state index is 0.187. The van der Waals surface area contributed by atoms with E-state index < -0.39 is 5.97 Å². The summed E-state index contributed by atoms with van der Waals surface area (Å²) in [5, 5.41) is 15.1. The molecule has 0 aliphatic carbocycles. The first-order valence-corrected chi connectivity index (χ1v) is 5.97. The number of carboxylic acids is 1. The van der Waals surface area contributed by atoms with Crippen LogP contribution in [0.25, 0.3) is 0 Å². The molecular weight excluding hydrogens is 256 g/mol. The maximum absolute atomic E-state index is 11.1. The average molecular weight is 270 g/mol. The molecule has 6 heteroatoms. The lowest BCUT2D eigenvalue weighted by molar-refractivity contribution is 0.0698. The highest BCUT2D eigenvalue weighted by molar-refractivity contribution is 5.95. The van der Waals surface area contributed by atoms with Crippen LogP contribution in [0.5, 0.6) is 0 Å². The number of anilines is 3. The molecule has 6 nitrogen and oxygen atoms in total. The first-order valence-electron chi connectivity index (χ1n) is 5.97. The van der Waals surface area contributed by atoms with Crippen molar-refractivity contribution in [3.8, 4) is 0 Å². The molecule has 0 saturated heterocycles. The molecule has 0 atom stereocenters. The maximum Gasteiger partial charge on any atom is 0.337 e. The van der Waals surface area contributed by atoms with Crippen molar-refractivity contribution < 1.29 is 9.90 Å². The summed E-state index contributed by atoms with van der Waals surface area (Å²) in [6.45, 7) is 4.20. The highest BCUT2D eigenvalue weighted by Gasteiger charge is 2.09. The van der Waals surface area contributed by atoms with E-state index in [-0.39, 0.29) is 5.56 Å². The molecule has 0 radical (unpaired) electrons. The van der Waals surface area contributed by atoms with Gasteiger partial charge in [-0.3, -0.25) is 0 Å². The fourth-order valence-electron chi connectivity index (χ4n) is 1.62. The van der Waals surface area contributed by atoms with E-state index in [9.17, 15) is 4.79 Å². The van der Waals surface area contributed by atoms with E-state index in [1.54, 1.807) is 30.3 Å².